The van der Waals surface area contributed by atoms with Gasteiger partial charge in [0.15, 0.2) is 0 Å². The molecule has 2 rings (SSSR count). The molecule has 1 aliphatic heterocycles. The van der Waals surface area contributed by atoms with Crippen molar-refractivity contribution < 1.29 is 22.8 Å². The van der Waals surface area contributed by atoms with Gasteiger partial charge in [-0.15, -0.1) is 0 Å². The predicted molar refractivity (Wildman–Crippen MR) is 90.4 cm³/mol. The van der Waals surface area contributed by atoms with E-state index in [1.807, 2.05) is 0 Å². The zero-order chi connectivity index (χ0) is 19.2. The normalized spacial score (nSPS) is 17.7. The van der Waals surface area contributed by atoms with Crippen LogP contribution in [0.3, 0.4) is 0 Å². The van der Waals surface area contributed by atoms with E-state index in [1.165, 1.54) is 12.3 Å². The second-order valence-electron chi connectivity index (χ2n) is 6.07. The van der Waals surface area contributed by atoms with Gasteiger partial charge >= 0.3 is 6.18 Å². The summed E-state index contributed by atoms with van der Waals surface area (Å²) in [6.07, 6.45) is -0.548. The van der Waals surface area contributed by atoms with Crippen LogP contribution in [-0.4, -0.2) is 47.4 Å². The lowest BCUT2D eigenvalue weighted by molar-refractivity contribution is -0.142. The summed E-state index contributed by atoms with van der Waals surface area (Å²) in [5.74, 6) is -0.605. The molecule has 26 heavy (non-hydrogen) atoms. The van der Waals surface area contributed by atoms with Crippen LogP contribution < -0.4 is 10.6 Å². The van der Waals surface area contributed by atoms with Gasteiger partial charge in [0.25, 0.3) is 0 Å². The highest BCUT2D eigenvalue weighted by Crippen LogP contribution is 2.33. The van der Waals surface area contributed by atoms with Gasteiger partial charge in [-0.25, -0.2) is 4.98 Å². The summed E-state index contributed by atoms with van der Waals surface area (Å²) >= 11 is 0. The highest BCUT2D eigenvalue weighted by molar-refractivity contribution is 5.87. The first-order chi connectivity index (χ1) is 12.3. The SMILES string of the molecule is CCC(=O)N1CCCCC1C(=O)NCCNc1ncccc1C(F)(F)F. The van der Waals surface area contributed by atoms with Gasteiger partial charge in [-0.2, -0.15) is 13.2 Å². The number of pyridine rings is 1. The van der Waals surface area contributed by atoms with E-state index in [0.717, 1.165) is 18.9 Å². The molecule has 0 aromatic carbocycles. The Kier molecular flexibility index (Phi) is 6.82. The molecule has 9 heteroatoms. The number of nitrogens with one attached hydrogen (secondary N) is 2. The first-order valence-corrected chi connectivity index (χ1v) is 8.68. The molecule has 6 nitrogen and oxygen atoms in total. The average Bonchev–Trinajstić information content (AvgIpc) is 2.64. The number of aromatic nitrogens is 1. The minimum atomic E-state index is -4.50. The number of carbonyl (C=O) groups excluding carboxylic acids is 2. The Morgan fingerprint density at radius 3 is 2.77 bits per heavy atom. The van der Waals surface area contributed by atoms with Crippen molar-refractivity contribution in [3.05, 3.63) is 23.9 Å². The molecule has 2 heterocycles. The molecule has 1 fully saturated rings. The van der Waals surface area contributed by atoms with Crippen molar-refractivity contribution in [2.75, 3.05) is 25.0 Å². The van der Waals surface area contributed by atoms with E-state index in [1.54, 1.807) is 11.8 Å². The smallest absolute Gasteiger partial charge is 0.368 e. The lowest BCUT2D eigenvalue weighted by Gasteiger charge is -2.34. The van der Waals surface area contributed by atoms with Crippen LogP contribution in [0.5, 0.6) is 0 Å². The molecule has 0 spiro atoms. The summed E-state index contributed by atoms with van der Waals surface area (Å²) in [4.78, 5) is 29.6. The molecule has 144 valence electrons. The maximum atomic E-state index is 12.9. The van der Waals surface area contributed by atoms with Crippen LogP contribution in [0.25, 0.3) is 0 Å². The summed E-state index contributed by atoms with van der Waals surface area (Å²) in [6, 6.07) is 1.67. The van der Waals surface area contributed by atoms with Crippen LogP contribution in [0.1, 0.15) is 38.2 Å². The lowest BCUT2D eigenvalue weighted by atomic mass is 10.0. The van der Waals surface area contributed by atoms with Gasteiger partial charge in [-0.05, 0) is 31.4 Å². The molecule has 1 aromatic rings. The monoisotopic (exact) mass is 372 g/mol. The highest BCUT2D eigenvalue weighted by Gasteiger charge is 2.34. The number of hydrogen-bond donors (Lipinski definition) is 2. The summed E-state index contributed by atoms with van der Waals surface area (Å²) in [6.45, 7) is 2.55. The number of anilines is 1. The molecule has 0 aliphatic carbocycles. The van der Waals surface area contributed by atoms with Gasteiger partial charge < -0.3 is 15.5 Å². The van der Waals surface area contributed by atoms with Crippen LogP contribution in [0.2, 0.25) is 0 Å². The Hall–Kier alpha value is -2.32. The largest absolute Gasteiger partial charge is 0.419 e. The standard InChI is InChI=1S/C17H23F3N4O2/c1-2-14(25)24-11-4-3-7-13(24)16(26)23-10-9-22-15-12(17(18,19)20)6-5-8-21-15/h5-6,8,13H,2-4,7,9-11H2,1H3,(H,21,22)(H,23,26). The van der Waals surface area contributed by atoms with Crippen molar-refractivity contribution >= 4 is 17.6 Å². The summed E-state index contributed by atoms with van der Waals surface area (Å²) < 4.78 is 38.7. The minimum Gasteiger partial charge on any atom is -0.368 e. The number of likely N-dealkylation sites (tertiary alicyclic amines) is 1. The van der Waals surface area contributed by atoms with Crippen molar-refractivity contribution in [2.45, 2.75) is 44.8 Å². The van der Waals surface area contributed by atoms with Gasteiger partial charge in [0, 0.05) is 32.3 Å². The van der Waals surface area contributed by atoms with E-state index < -0.39 is 17.8 Å². The Balaban J connectivity index is 1.86. The van der Waals surface area contributed by atoms with Crippen LogP contribution in [0.15, 0.2) is 18.3 Å². The molecule has 0 radical (unpaired) electrons. The number of carbonyl (C=O) groups is 2. The van der Waals surface area contributed by atoms with Crippen molar-refractivity contribution in [1.29, 1.82) is 0 Å². The fraction of sp³-hybridized carbons (Fsp3) is 0.588. The molecule has 0 saturated carbocycles. The molecule has 2 N–H and O–H groups in total. The van der Waals surface area contributed by atoms with E-state index in [9.17, 15) is 22.8 Å². The van der Waals surface area contributed by atoms with Crippen molar-refractivity contribution in [3.63, 3.8) is 0 Å². The molecular formula is C17H23F3N4O2. The Bertz CT molecular complexity index is 637. The fourth-order valence-corrected chi connectivity index (χ4v) is 2.97. The maximum Gasteiger partial charge on any atom is 0.419 e. The Morgan fingerprint density at radius 1 is 1.31 bits per heavy atom. The molecule has 1 aromatic heterocycles. The summed E-state index contributed by atoms with van der Waals surface area (Å²) in [7, 11) is 0. The summed E-state index contributed by atoms with van der Waals surface area (Å²) in [5.41, 5.74) is -0.849. The number of nitrogens with zero attached hydrogens (tertiary/aromatic N) is 2. The zero-order valence-electron chi connectivity index (χ0n) is 14.6. The van der Waals surface area contributed by atoms with E-state index in [0.29, 0.717) is 19.4 Å². The number of amides is 2. The first-order valence-electron chi connectivity index (χ1n) is 8.68. The second-order valence-corrected chi connectivity index (χ2v) is 6.07. The third-order valence-electron chi connectivity index (χ3n) is 4.26. The van der Waals surface area contributed by atoms with Gasteiger partial charge in [-0.3, -0.25) is 9.59 Å². The molecule has 1 atom stereocenters. The molecule has 1 aliphatic rings. The van der Waals surface area contributed by atoms with Gasteiger partial charge in [0.2, 0.25) is 11.8 Å². The molecule has 2 amide bonds. The number of hydrogen-bond acceptors (Lipinski definition) is 4. The molecule has 1 unspecified atom stereocenters. The van der Waals surface area contributed by atoms with E-state index in [4.69, 9.17) is 0 Å². The average molecular weight is 372 g/mol. The van der Waals surface area contributed by atoms with Crippen molar-refractivity contribution in [1.82, 2.24) is 15.2 Å². The van der Waals surface area contributed by atoms with Crippen LogP contribution in [0.4, 0.5) is 19.0 Å². The maximum absolute atomic E-state index is 12.9. The van der Waals surface area contributed by atoms with Crippen molar-refractivity contribution in [2.24, 2.45) is 0 Å². The Morgan fingerprint density at radius 2 is 2.08 bits per heavy atom. The molecular weight excluding hydrogens is 349 g/mol. The van der Waals surface area contributed by atoms with E-state index in [-0.39, 0.29) is 30.7 Å². The van der Waals surface area contributed by atoms with Crippen LogP contribution in [-0.2, 0) is 15.8 Å². The zero-order valence-corrected chi connectivity index (χ0v) is 14.6. The van der Waals surface area contributed by atoms with Crippen LogP contribution >= 0.6 is 0 Å². The third kappa shape index (κ3) is 5.09. The van der Waals surface area contributed by atoms with Crippen LogP contribution in [0, 0.1) is 0 Å². The van der Waals surface area contributed by atoms with Gasteiger partial charge in [-0.1, -0.05) is 6.92 Å². The number of piperidine rings is 1. The lowest BCUT2D eigenvalue weighted by Crippen LogP contribution is -2.52. The second kappa shape index (κ2) is 8.86. The highest BCUT2D eigenvalue weighted by atomic mass is 19.4. The molecule has 1 saturated heterocycles. The number of halogens is 3. The van der Waals surface area contributed by atoms with Gasteiger partial charge in [0.1, 0.15) is 11.9 Å². The number of alkyl halides is 3. The topological polar surface area (TPSA) is 74.3 Å². The van der Waals surface area contributed by atoms with Crippen molar-refractivity contribution in [3.8, 4) is 0 Å². The Labute approximate surface area is 150 Å². The van der Waals surface area contributed by atoms with E-state index >= 15 is 0 Å². The predicted octanol–water partition coefficient (Wildman–Crippen LogP) is 2.42. The van der Waals surface area contributed by atoms with E-state index in [2.05, 4.69) is 15.6 Å². The quantitative estimate of drug-likeness (QED) is 0.752. The fourth-order valence-electron chi connectivity index (χ4n) is 2.97. The minimum absolute atomic E-state index is 0.0636. The molecule has 0 bridgehead atoms. The number of rotatable bonds is 6. The third-order valence-corrected chi connectivity index (χ3v) is 4.26. The summed E-state index contributed by atoms with van der Waals surface area (Å²) in [5, 5.41) is 5.28. The first kappa shape index (κ1) is 20.0. The van der Waals surface area contributed by atoms with Gasteiger partial charge in [0.05, 0.1) is 5.56 Å².